The van der Waals surface area contributed by atoms with E-state index < -0.39 is 6.04 Å². The molecule has 1 aliphatic heterocycles. The monoisotopic (exact) mass is 278 g/mol. The number of benzene rings is 1. The first-order valence-electron chi connectivity index (χ1n) is 7.01. The maximum atomic E-state index is 12.0. The van der Waals surface area contributed by atoms with Gasteiger partial charge in [0.25, 0.3) is 0 Å². The number of amides is 1. The minimum absolute atomic E-state index is 0.152. The average molecular weight is 278 g/mol. The second kappa shape index (κ2) is 6.83. The van der Waals surface area contributed by atoms with Crippen LogP contribution >= 0.6 is 0 Å². The number of anilines is 1. The number of hydrogen-bond donors (Lipinski definition) is 2. The molecule has 1 fully saturated rings. The third kappa shape index (κ3) is 3.56. The lowest BCUT2D eigenvalue weighted by Crippen LogP contribution is -2.40. The summed E-state index contributed by atoms with van der Waals surface area (Å²) in [5, 5.41) is 2.85. The Hall–Kier alpha value is -1.43. The Morgan fingerprint density at radius 1 is 1.45 bits per heavy atom. The van der Waals surface area contributed by atoms with Crippen molar-refractivity contribution in [1.82, 2.24) is 0 Å². The molecule has 0 aliphatic carbocycles. The minimum Gasteiger partial charge on any atom is -0.346 e. The van der Waals surface area contributed by atoms with Crippen molar-refractivity contribution in [2.45, 2.75) is 32.6 Å². The molecular formula is C15H22N2O3. The molecule has 0 saturated carbocycles. The van der Waals surface area contributed by atoms with Gasteiger partial charge in [-0.3, -0.25) is 4.79 Å². The van der Waals surface area contributed by atoms with Crippen LogP contribution in [0.15, 0.2) is 24.3 Å². The first-order valence-corrected chi connectivity index (χ1v) is 7.01. The quantitative estimate of drug-likeness (QED) is 0.864. The number of ether oxygens (including phenoxy) is 2. The molecular weight excluding hydrogens is 256 g/mol. The van der Waals surface area contributed by atoms with E-state index in [4.69, 9.17) is 15.2 Å². The number of nitrogens with one attached hydrogen (secondary N) is 1. The fourth-order valence-electron chi connectivity index (χ4n) is 2.05. The van der Waals surface area contributed by atoms with E-state index in [9.17, 15) is 4.79 Å². The van der Waals surface area contributed by atoms with E-state index in [0.717, 1.165) is 12.0 Å². The molecule has 3 N–H and O–H groups in total. The van der Waals surface area contributed by atoms with Crippen LogP contribution in [0.4, 0.5) is 5.69 Å². The van der Waals surface area contributed by atoms with E-state index in [2.05, 4.69) is 5.32 Å². The van der Waals surface area contributed by atoms with Gasteiger partial charge in [0.2, 0.25) is 5.91 Å². The summed E-state index contributed by atoms with van der Waals surface area (Å²) in [5.74, 6) is -0.00978. The van der Waals surface area contributed by atoms with Gasteiger partial charge < -0.3 is 20.5 Å². The lowest BCUT2D eigenvalue weighted by Gasteiger charge is -2.18. The molecule has 2 atom stereocenters. The van der Waals surface area contributed by atoms with Gasteiger partial charge in [-0.25, -0.2) is 0 Å². The number of hydrogen-bond acceptors (Lipinski definition) is 4. The Labute approximate surface area is 119 Å². The number of carbonyl (C=O) groups is 1. The van der Waals surface area contributed by atoms with Crippen molar-refractivity contribution in [1.29, 1.82) is 0 Å². The maximum Gasteiger partial charge on any atom is 0.241 e. The number of rotatable bonds is 5. The Balaban J connectivity index is 2.02. The van der Waals surface area contributed by atoms with Crippen LogP contribution < -0.4 is 11.1 Å². The molecule has 1 heterocycles. The number of nitrogens with two attached hydrogens (primary N) is 1. The Kier molecular flexibility index (Phi) is 5.11. The van der Waals surface area contributed by atoms with Crippen molar-refractivity contribution in [2.24, 2.45) is 11.7 Å². The second-order valence-electron chi connectivity index (χ2n) is 5.10. The van der Waals surface area contributed by atoms with Gasteiger partial charge in [-0.1, -0.05) is 32.4 Å². The van der Waals surface area contributed by atoms with E-state index >= 15 is 0 Å². The van der Waals surface area contributed by atoms with Crippen LogP contribution in [-0.4, -0.2) is 25.2 Å². The van der Waals surface area contributed by atoms with Gasteiger partial charge >= 0.3 is 0 Å². The van der Waals surface area contributed by atoms with Crippen molar-refractivity contribution in [3.05, 3.63) is 29.8 Å². The fourth-order valence-corrected chi connectivity index (χ4v) is 2.05. The molecule has 0 radical (unpaired) electrons. The molecule has 0 unspecified atom stereocenters. The highest BCUT2D eigenvalue weighted by molar-refractivity contribution is 5.94. The zero-order chi connectivity index (χ0) is 14.5. The summed E-state index contributed by atoms with van der Waals surface area (Å²) in [6.07, 6.45) is 0.536. The van der Waals surface area contributed by atoms with Crippen LogP contribution in [0.1, 0.15) is 32.1 Å². The second-order valence-corrected chi connectivity index (χ2v) is 5.10. The summed E-state index contributed by atoms with van der Waals surface area (Å²) in [6, 6.07) is 6.98. The van der Waals surface area contributed by atoms with Crippen molar-refractivity contribution in [3.63, 3.8) is 0 Å². The molecule has 2 rings (SSSR count). The molecule has 0 spiro atoms. The number of carbonyl (C=O) groups excluding carboxylic acids is 1. The molecule has 110 valence electrons. The largest absolute Gasteiger partial charge is 0.346 e. The Morgan fingerprint density at radius 2 is 2.15 bits per heavy atom. The highest BCUT2D eigenvalue weighted by atomic mass is 16.7. The lowest BCUT2D eigenvalue weighted by atomic mass is 9.99. The van der Waals surface area contributed by atoms with E-state index in [0.29, 0.717) is 18.9 Å². The van der Waals surface area contributed by atoms with Crippen molar-refractivity contribution >= 4 is 11.6 Å². The molecule has 0 bridgehead atoms. The fraction of sp³-hybridized carbons (Fsp3) is 0.533. The normalized spacial score (nSPS) is 18.8. The molecule has 20 heavy (non-hydrogen) atoms. The van der Waals surface area contributed by atoms with Gasteiger partial charge in [0.05, 0.1) is 19.3 Å². The third-order valence-corrected chi connectivity index (χ3v) is 3.61. The average Bonchev–Trinajstić information content (AvgIpc) is 3.00. The summed E-state index contributed by atoms with van der Waals surface area (Å²) in [7, 11) is 0. The summed E-state index contributed by atoms with van der Waals surface area (Å²) >= 11 is 0. The standard InChI is InChI=1S/C15H22N2O3/c1-3-10(2)13(16)14(18)17-12-6-4-5-11(9-12)15-19-7-8-20-15/h4-6,9-10,13,15H,3,7-8,16H2,1-2H3,(H,17,18)/t10-,13-/m0/s1. The molecule has 1 saturated heterocycles. The Bertz CT molecular complexity index is 458. The van der Waals surface area contributed by atoms with Gasteiger partial charge in [0.15, 0.2) is 6.29 Å². The van der Waals surface area contributed by atoms with Crippen LogP contribution in [-0.2, 0) is 14.3 Å². The smallest absolute Gasteiger partial charge is 0.241 e. The van der Waals surface area contributed by atoms with E-state index in [1.54, 1.807) is 0 Å². The van der Waals surface area contributed by atoms with Crippen LogP contribution in [0.2, 0.25) is 0 Å². The SMILES string of the molecule is CC[C@H](C)[C@H](N)C(=O)Nc1cccc(C2OCCO2)c1. The summed E-state index contributed by atoms with van der Waals surface area (Å²) < 4.78 is 10.9. The lowest BCUT2D eigenvalue weighted by molar-refractivity contribution is -0.118. The van der Waals surface area contributed by atoms with Gasteiger partial charge in [-0.15, -0.1) is 0 Å². The molecule has 5 nitrogen and oxygen atoms in total. The van der Waals surface area contributed by atoms with Crippen LogP contribution in [0.5, 0.6) is 0 Å². The minimum atomic E-state index is -0.498. The zero-order valence-electron chi connectivity index (χ0n) is 12.0. The maximum absolute atomic E-state index is 12.0. The van der Waals surface area contributed by atoms with Gasteiger partial charge in [0.1, 0.15) is 0 Å². The van der Waals surface area contributed by atoms with Crippen LogP contribution in [0.25, 0.3) is 0 Å². The highest BCUT2D eigenvalue weighted by Crippen LogP contribution is 2.25. The predicted octanol–water partition coefficient (Wildman–Crippen LogP) is 2.04. The van der Waals surface area contributed by atoms with E-state index in [1.165, 1.54) is 0 Å². The van der Waals surface area contributed by atoms with E-state index in [-0.39, 0.29) is 18.1 Å². The summed E-state index contributed by atoms with van der Waals surface area (Å²) in [5.41, 5.74) is 7.53. The van der Waals surface area contributed by atoms with Crippen molar-refractivity contribution in [2.75, 3.05) is 18.5 Å². The van der Waals surface area contributed by atoms with Crippen molar-refractivity contribution in [3.8, 4) is 0 Å². The molecule has 5 heteroatoms. The molecule has 1 aromatic rings. The first-order chi connectivity index (χ1) is 9.61. The van der Waals surface area contributed by atoms with Crippen LogP contribution in [0.3, 0.4) is 0 Å². The zero-order valence-corrected chi connectivity index (χ0v) is 12.0. The summed E-state index contributed by atoms with van der Waals surface area (Å²) in [4.78, 5) is 12.0. The molecule has 1 aliphatic rings. The highest BCUT2D eigenvalue weighted by Gasteiger charge is 2.21. The molecule has 0 aromatic heterocycles. The van der Waals surface area contributed by atoms with E-state index in [1.807, 2.05) is 38.1 Å². The van der Waals surface area contributed by atoms with Gasteiger partial charge in [0, 0.05) is 11.3 Å². The van der Waals surface area contributed by atoms with Crippen LogP contribution in [0, 0.1) is 5.92 Å². The predicted molar refractivity (Wildman–Crippen MR) is 77.1 cm³/mol. The topological polar surface area (TPSA) is 73.6 Å². The third-order valence-electron chi connectivity index (χ3n) is 3.61. The summed E-state index contributed by atoms with van der Waals surface area (Å²) in [6.45, 7) is 5.19. The van der Waals surface area contributed by atoms with Gasteiger partial charge in [-0.05, 0) is 18.1 Å². The van der Waals surface area contributed by atoms with Crippen molar-refractivity contribution < 1.29 is 14.3 Å². The Morgan fingerprint density at radius 3 is 2.80 bits per heavy atom. The first kappa shape index (κ1) is 15.0. The van der Waals surface area contributed by atoms with Gasteiger partial charge in [-0.2, -0.15) is 0 Å². The molecule has 1 aromatic carbocycles. The molecule has 1 amide bonds.